The number of halogens is 1. The molecule has 0 aromatic carbocycles. The summed E-state index contributed by atoms with van der Waals surface area (Å²) in [4.78, 5) is 0. The topological polar surface area (TPSA) is 38.7 Å². The molecule has 64 valence electrons. The molecular weight excluding hydrogens is 259 g/mol. The second-order valence-corrected chi connectivity index (χ2v) is 3.02. The largest absolute Gasteiger partial charge is 0.394 e. The van der Waals surface area contributed by atoms with Crippen LogP contribution in [0.1, 0.15) is 6.42 Å². The molecule has 0 bridgehead atoms. The van der Waals surface area contributed by atoms with E-state index in [0.29, 0.717) is 6.61 Å². The van der Waals surface area contributed by atoms with Gasteiger partial charge in [0, 0.05) is 6.42 Å². The molecule has 1 fully saturated rings. The zero-order valence-corrected chi connectivity index (χ0v) is 8.23. The minimum Gasteiger partial charge on any atom is -0.394 e. The van der Waals surface area contributed by atoms with Crippen LogP contribution in [0.4, 0.5) is 0 Å². The Morgan fingerprint density at radius 1 is 1.64 bits per heavy atom. The van der Waals surface area contributed by atoms with E-state index in [4.69, 9.17) is 14.6 Å². The van der Waals surface area contributed by atoms with Gasteiger partial charge in [0.2, 0.25) is 0 Å². The van der Waals surface area contributed by atoms with Gasteiger partial charge in [0.15, 0.2) is 6.29 Å². The van der Waals surface area contributed by atoms with E-state index in [9.17, 15) is 0 Å². The molecule has 0 amide bonds. The first-order valence-corrected chi connectivity index (χ1v) is 4.74. The second kappa shape index (κ2) is 5.08. The van der Waals surface area contributed by atoms with E-state index >= 15 is 0 Å². The van der Waals surface area contributed by atoms with Crippen molar-refractivity contribution in [1.29, 1.82) is 0 Å². The minimum atomic E-state index is -0.154. The Morgan fingerprint density at radius 3 is 3.00 bits per heavy atom. The minimum absolute atomic E-state index is 0.0461. The van der Waals surface area contributed by atoms with Crippen molar-refractivity contribution >= 4 is 22.6 Å². The predicted octanol–water partition coefficient (Wildman–Crippen LogP) is 1.06. The predicted molar refractivity (Wildman–Crippen MR) is 49.5 cm³/mol. The summed E-state index contributed by atoms with van der Waals surface area (Å²) in [6.45, 7) is 0.556. The third kappa shape index (κ3) is 3.06. The van der Waals surface area contributed by atoms with Crippen molar-refractivity contribution < 1.29 is 14.6 Å². The van der Waals surface area contributed by atoms with Crippen molar-refractivity contribution in [2.75, 3.05) is 13.2 Å². The summed E-state index contributed by atoms with van der Waals surface area (Å²) in [5, 5.41) is 8.68. The van der Waals surface area contributed by atoms with Crippen LogP contribution in [0, 0.1) is 0 Å². The fourth-order valence-corrected chi connectivity index (χ4v) is 1.18. The lowest BCUT2D eigenvalue weighted by atomic mass is 10.4. The number of ether oxygens (including phenoxy) is 2. The number of hydrogen-bond acceptors (Lipinski definition) is 3. The van der Waals surface area contributed by atoms with Gasteiger partial charge in [-0.25, -0.2) is 0 Å². The molecule has 2 unspecified atom stereocenters. The highest BCUT2D eigenvalue weighted by Gasteiger charge is 2.23. The van der Waals surface area contributed by atoms with E-state index in [1.165, 1.54) is 0 Å². The molecule has 1 saturated heterocycles. The van der Waals surface area contributed by atoms with Crippen LogP contribution in [0.2, 0.25) is 0 Å². The Labute approximate surface area is 79.5 Å². The standard InChI is InChI=1S/C7H11IO3/c8-3-1-2-7-10-5-6(4-9)11-7/h1,3,6-7,9H,2,4-5H2. The van der Waals surface area contributed by atoms with Gasteiger partial charge >= 0.3 is 0 Å². The molecule has 0 radical (unpaired) electrons. The molecule has 0 aromatic rings. The first-order valence-electron chi connectivity index (χ1n) is 3.50. The summed E-state index contributed by atoms with van der Waals surface area (Å²) in [5.74, 6) is 0. The highest BCUT2D eigenvalue weighted by atomic mass is 127. The monoisotopic (exact) mass is 270 g/mol. The van der Waals surface area contributed by atoms with Crippen LogP contribution in [0.15, 0.2) is 10.2 Å². The third-order valence-electron chi connectivity index (χ3n) is 1.43. The molecule has 2 atom stereocenters. The fourth-order valence-electron chi connectivity index (χ4n) is 0.890. The van der Waals surface area contributed by atoms with Gasteiger partial charge < -0.3 is 14.6 Å². The Kier molecular flexibility index (Phi) is 4.36. The Balaban J connectivity index is 2.19. The average Bonchev–Trinajstić information content (AvgIpc) is 2.48. The smallest absolute Gasteiger partial charge is 0.161 e. The van der Waals surface area contributed by atoms with E-state index in [1.807, 2.05) is 10.2 Å². The zero-order valence-electron chi connectivity index (χ0n) is 6.07. The molecule has 1 aliphatic rings. The average molecular weight is 270 g/mol. The Morgan fingerprint density at radius 2 is 2.45 bits per heavy atom. The molecule has 0 aliphatic carbocycles. The van der Waals surface area contributed by atoms with E-state index in [1.54, 1.807) is 0 Å². The van der Waals surface area contributed by atoms with Gasteiger partial charge in [0.1, 0.15) is 6.10 Å². The Bertz CT molecular complexity index is 138. The fraction of sp³-hybridized carbons (Fsp3) is 0.714. The van der Waals surface area contributed by atoms with Gasteiger partial charge in [-0.2, -0.15) is 0 Å². The van der Waals surface area contributed by atoms with Crippen molar-refractivity contribution in [2.24, 2.45) is 0 Å². The van der Waals surface area contributed by atoms with Gasteiger partial charge in [0.05, 0.1) is 13.2 Å². The summed E-state index contributed by atoms with van der Waals surface area (Å²) in [7, 11) is 0. The lowest BCUT2D eigenvalue weighted by Crippen LogP contribution is -2.15. The molecule has 3 nitrogen and oxygen atoms in total. The molecule has 0 saturated carbocycles. The van der Waals surface area contributed by atoms with Crippen LogP contribution >= 0.6 is 22.6 Å². The quantitative estimate of drug-likeness (QED) is 0.779. The van der Waals surface area contributed by atoms with Crippen LogP contribution in [-0.2, 0) is 9.47 Å². The molecule has 11 heavy (non-hydrogen) atoms. The van der Waals surface area contributed by atoms with E-state index in [2.05, 4.69) is 22.6 Å². The molecule has 1 heterocycles. The molecular formula is C7H11IO3. The van der Waals surface area contributed by atoms with E-state index < -0.39 is 0 Å². The van der Waals surface area contributed by atoms with Crippen LogP contribution in [0.3, 0.4) is 0 Å². The second-order valence-electron chi connectivity index (χ2n) is 2.30. The molecule has 4 heteroatoms. The molecule has 1 aliphatic heterocycles. The summed E-state index contributed by atoms with van der Waals surface area (Å²) in [6.07, 6.45) is 2.46. The number of hydrogen-bond donors (Lipinski definition) is 1. The van der Waals surface area contributed by atoms with Gasteiger partial charge in [-0.05, 0) is 4.08 Å². The highest BCUT2D eigenvalue weighted by molar-refractivity contribution is 14.1. The maximum Gasteiger partial charge on any atom is 0.161 e. The van der Waals surface area contributed by atoms with Crippen molar-refractivity contribution in [1.82, 2.24) is 0 Å². The van der Waals surface area contributed by atoms with E-state index in [-0.39, 0.29) is 19.0 Å². The number of rotatable bonds is 3. The van der Waals surface area contributed by atoms with E-state index in [0.717, 1.165) is 6.42 Å². The zero-order chi connectivity index (χ0) is 8.10. The van der Waals surface area contributed by atoms with Crippen molar-refractivity contribution in [3.63, 3.8) is 0 Å². The Hall–Kier alpha value is 0.350. The molecule has 1 rings (SSSR count). The molecule has 0 spiro atoms. The van der Waals surface area contributed by atoms with Crippen LogP contribution < -0.4 is 0 Å². The SMILES string of the molecule is OCC1COC(CC=CI)O1. The number of aliphatic hydroxyl groups is 1. The van der Waals surface area contributed by atoms with Crippen molar-refractivity contribution in [3.8, 4) is 0 Å². The highest BCUT2D eigenvalue weighted by Crippen LogP contribution is 2.14. The van der Waals surface area contributed by atoms with Crippen LogP contribution in [0.25, 0.3) is 0 Å². The first-order chi connectivity index (χ1) is 5.36. The number of aliphatic hydroxyl groups excluding tert-OH is 1. The third-order valence-corrected chi connectivity index (χ3v) is 1.94. The summed E-state index contributed by atoms with van der Waals surface area (Å²) in [6, 6.07) is 0. The van der Waals surface area contributed by atoms with Crippen LogP contribution in [0.5, 0.6) is 0 Å². The van der Waals surface area contributed by atoms with Gasteiger partial charge in [-0.15, -0.1) is 0 Å². The maximum atomic E-state index is 8.68. The van der Waals surface area contributed by atoms with Gasteiger partial charge in [-0.1, -0.05) is 28.7 Å². The van der Waals surface area contributed by atoms with Crippen molar-refractivity contribution in [2.45, 2.75) is 18.8 Å². The lowest BCUT2D eigenvalue weighted by molar-refractivity contribution is -0.0615. The normalized spacial score (nSPS) is 31.8. The van der Waals surface area contributed by atoms with Crippen LogP contribution in [-0.4, -0.2) is 30.7 Å². The van der Waals surface area contributed by atoms with Gasteiger partial charge in [0.25, 0.3) is 0 Å². The summed E-state index contributed by atoms with van der Waals surface area (Å²) >= 11 is 2.15. The summed E-state index contributed by atoms with van der Waals surface area (Å²) in [5.41, 5.74) is 0. The first kappa shape index (κ1) is 9.44. The lowest BCUT2D eigenvalue weighted by Gasteiger charge is -2.06. The molecule has 0 aromatic heterocycles. The summed E-state index contributed by atoms with van der Waals surface area (Å²) < 4.78 is 12.4. The van der Waals surface area contributed by atoms with Crippen molar-refractivity contribution in [3.05, 3.63) is 10.2 Å². The maximum absolute atomic E-state index is 8.68. The molecule has 1 N–H and O–H groups in total. The van der Waals surface area contributed by atoms with Gasteiger partial charge in [-0.3, -0.25) is 0 Å².